The second-order valence-electron chi connectivity index (χ2n) is 9.74. The highest BCUT2D eigenvalue weighted by molar-refractivity contribution is 5.94. The number of hydrogen-bond donors (Lipinski definition) is 2. The van der Waals surface area contributed by atoms with Crippen LogP contribution >= 0.6 is 0 Å². The number of aryl methyl sites for hydroxylation is 1. The molecule has 8 nitrogen and oxygen atoms in total. The lowest BCUT2D eigenvalue weighted by molar-refractivity contribution is 0.0951. The summed E-state index contributed by atoms with van der Waals surface area (Å²) in [6.45, 7) is 7.72. The van der Waals surface area contributed by atoms with Gasteiger partial charge in [0.05, 0.1) is 5.69 Å². The Labute approximate surface area is 223 Å². The standard InChI is InChI=1S/C30H33N7O/c1-22-5-6-24(18-28(22)35-30-32-13-11-27(34-30)26-4-3-12-31-20-26)19-33-29(38)25-9-7-23(8-10-25)21-37-16-14-36(2)15-17-37/h3-13,18,20H,14-17,19,21H2,1-2H3,(H,33,38)(H,32,34,35). The third-order valence-electron chi connectivity index (χ3n) is 6.83. The highest BCUT2D eigenvalue weighted by Crippen LogP contribution is 2.22. The number of nitrogens with zero attached hydrogens (tertiary/aromatic N) is 5. The molecule has 38 heavy (non-hydrogen) atoms. The highest BCUT2D eigenvalue weighted by Gasteiger charge is 2.14. The summed E-state index contributed by atoms with van der Waals surface area (Å²) < 4.78 is 0. The first-order valence-electron chi connectivity index (χ1n) is 12.9. The van der Waals surface area contributed by atoms with Crippen molar-refractivity contribution in [2.75, 3.05) is 38.5 Å². The quantitative estimate of drug-likeness (QED) is 0.368. The fourth-order valence-corrected chi connectivity index (χ4v) is 4.44. The van der Waals surface area contributed by atoms with E-state index in [2.05, 4.69) is 54.6 Å². The lowest BCUT2D eigenvalue weighted by atomic mass is 10.1. The number of pyridine rings is 1. The molecule has 0 aliphatic carbocycles. The maximum Gasteiger partial charge on any atom is 0.251 e. The van der Waals surface area contributed by atoms with Gasteiger partial charge in [-0.25, -0.2) is 9.97 Å². The Morgan fingerprint density at radius 2 is 1.74 bits per heavy atom. The zero-order valence-corrected chi connectivity index (χ0v) is 21.9. The van der Waals surface area contributed by atoms with Crippen molar-refractivity contribution in [3.63, 3.8) is 0 Å². The van der Waals surface area contributed by atoms with E-state index in [9.17, 15) is 4.79 Å². The van der Waals surface area contributed by atoms with E-state index in [1.807, 2.05) is 55.5 Å². The zero-order valence-electron chi connectivity index (χ0n) is 21.9. The van der Waals surface area contributed by atoms with Gasteiger partial charge < -0.3 is 15.5 Å². The molecule has 1 aliphatic rings. The van der Waals surface area contributed by atoms with Crippen molar-refractivity contribution in [1.29, 1.82) is 0 Å². The molecule has 0 saturated carbocycles. The Balaban J connectivity index is 1.18. The van der Waals surface area contributed by atoms with Crippen LogP contribution in [0.5, 0.6) is 0 Å². The summed E-state index contributed by atoms with van der Waals surface area (Å²) in [6, 6.07) is 19.7. The van der Waals surface area contributed by atoms with E-state index in [4.69, 9.17) is 0 Å². The number of likely N-dealkylation sites (N-methyl/N-ethyl adjacent to an activating group) is 1. The molecule has 0 radical (unpaired) electrons. The van der Waals surface area contributed by atoms with Gasteiger partial charge in [0.15, 0.2) is 0 Å². The molecule has 1 amide bonds. The summed E-state index contributed by atoms with van der Waals surface area (Å²) in [5.41, 5.74) is 6.57. The molecule has 4 aromatic rings. The van der Waals surface area contributed by atoms with Crippen molar-refractivity contribution in [3.8, 4) is 11.3 Å². The van der Waals surface area contributed by atoms with Gasteiger partial charge >= 0.3 is 0 Å². The number of aromatic nitrogens is 3. The molecule has 2 N–H and O–H groups in total. The minimum Gasteiger partial charge on any atom is -0.348 e. The third kappa shape index (κ3) is 6.59. The van der Waals surface area contributed by atoms with Crippen LogP contribution < -0.4 is 10.6 Å². The van der Waals surface area contributed by atoms with Crippen molar-refractivity contribution in [3.05, 3.63) is 102 Å². The van der Waals surface area contributed by atoms with Crippen LogP contribution in [0.2, 0.25) is 0 Å². The molecular weight excluding hydrogens is 474 g/mol. The predicted octanol–water partition coefficient (Wildman–Crippen LogP) is 4.27. The molecule has 8 heteroatoms. The predicted molar refractivity (Wildman–Crippen MR) is 150 cm³/mol. The summed E-state index contributed by atoms with van der Waals surface area (Å²) in [5, 5.41) is 6.36. The number of carbonyl (C=O) groups excluding carboxylic acids is 1. The van der Waals surface area contributed by atoms with Gasteiger partial charge in [-0.3, -0.25) is 14.7 Å². The number of piperazine rings is 1. The Morgan fingerprint density at radius 3 is 2.50 bits per heavy atom. The summed E-state index contributed by atoms with van der Waals surface area (Å²) >= 11 is 0. The molecule has 1 aliphatic heterocycles. The molecule has 5 rings (SSSR count). The molecule has 0 spiro atoms. The van der Waals surface area contributed by atoms with Crippen LogP contribution in [-0.4, -0.2) is 63.9 Å². The summed E-state index contributed by atoms with van der Waals surface area (Å²) in [6.07, 6.45) is 5.25. The minimum absolute atomic E-state index is 0.0845. The molecule has 1 saturated heterocycles. The molecule has 194 valence electrons. The van der Waals surface area contributed by atoms with Crippen molar-refractivity contribution in [2.24, 2.45) is 0 Å². The van der Waals surface area contributed by atoms with Crippen LogP contribution in [-0.2, 0) is 13.1 Å². The Hall–Kier alpha value is -4.14. The fourth-order valence-electron chi connectivity index (χ4n) is 4.44. The molecule has 0 atom stereocenters. The van der Waals surface area contributed by atoms with Crippen molar-refractivity contribution in [1.82, 2.24) is 30.1 Å². The third-order valence-corrected chi connectivity index (χ3v) is 6.83. The van der Waals surface area contributed by atoms with E-state index in [1.54, 1.807) is 18.6 Å². The van der Waals surface area contributed by atoms with Crippen LogP contribution in [0.1, 0.15) is 27.0 Å². The summed E-state index contributed by atoms with van der Waals surface area (Å²) in [5.74, 6) is 0.422. The van der Waals surface area contributed by atoms with Gasteiger partial charge in [0.1, 0.15) is 0 Å². The molecule has 2 aromatic heterocycles. The number of nitrogens with one attached hydrogen (secondary N) is 2. The number of amides is 1. The minimum atomic E-state index is -0.0845. The van der Waals surface area contributed by atoms with Crippen LogP contribution in [0.3, 0.4) is 0 Å². The van der Waals surface area contributed by atoms with Crippen LogP contribution in [0.4, 0.5) is 11.6 Å². The van der Waals surface area contributed by atoms with Gasteiger partial charge in [-0.1, -0.05) is 24.3 Å². The highest BCUT2D eigenvalue weighted by atomic mass is 16.1. The second-order valence-corrected chi connectivity index (χ2v) is 9.74. The monoisotopic (exact) mass is 507 g/mol. The first-order chi connectivity index (χ1) is 18.5. The first kappa shape index (κ1) is 25.5. The van der Waals surface area contributed by atoms with Crippen molar-refractivity contribution >= 4 is 17.5 Å². The lowest BCUT2D eigenvalue weighted by Crippen LogP contribution is -2.43. The molecular formula is C30H33N7O. The number of carbonyl (C=O) groups is 1. The Kier molecular flexibility index (Phi) is 8.01. The van der Waals surface area contributed by atoms with Gasteiger partial charge in [0, 0.05) is 74.7 Å². The number of rotatable bonds is 8. The Bertz CT molecular complexity index is 1370. The van der Waals surface area contributed by atoms with Gasteiger partial charge in [-0.05, 0) is 67.1 Å². The number of anilines is 2. The second kappa shape index (κ2) is 11.9. The average Bonchev–Trinajstić information content (AvgIpc) is 2.95. The van der Waals surface area contributed by atoms with Crippen molar-refractivity contribution < 1.29 is 4.79 Å². The first-order valence-corrected chi connectivity index (χ1v) is 12.9. The molecule has 3 heterocycles. The van der Waals surface area contributed by atoms with E-state index in [-0.39, 0.29) is 5.91 Å². The average molecular weight is 508 g/mol. The van der Waals surface area contributed by atoms with Crippen molar-refractivity contribution in [2.45, 2.75) is 20.0 Å². The van der Waals surface area contributed by atoms with E-state index in [1.165, 1.54) is 5.56 Å². The molecule has 0 unspecified atom stereocenters. The zero-order chi connectivity index (χ0) is 26.3. The topological polar surface area (TPSA) is 86.3 Å². The number of benzene rings is 2. The van der Waals surface area contributed by atoms with E-state index < -0.39 is 0 Å². The fraction of sp³-hybridized carbons (Fsp3) is 0.267. The SMILES string of the molecule is Cc1ccc(CNC(=O)c2ccc(CN3CCN(C)CC3)cc2)cc1Nc1nccc(-c2cccnc2)n1. The Morgan fingerprint density at radius 1 is 0.947 bits per heavy atom. The van der Waals surface area contributed by atoms with Crippen LogP contribution in [0.25, 0.3) is 11.3 Å². The van der Waals surface area contributed by atoms with E-state index >= 15 is 0 Å². The van der Waals surface area contributed by atoms with Gasteiger partial charge in [0.2, 0.25) is 5.95 Å². The normalized spacial score (nSPS) is 14.3. The van der Waals surface area contributed by atoms with E-state index in [0.29, 0.717) is 18.1 Å². The van der Waals surface area contributed by atoms with Gasteiger partial charge in [0.25, 0.3) is 5.91 Å². The largest absolute Gasteiger partial charge is 0.348 e. The lowest BCUT2D eigenvalue weighted by Gasteiger charge is -2.32. The smallest absolute Gasteiger partial charge is 0.251 e. The van der Waals surface area contributed by atoms with E-state index in [0.717, 1.165) is 60.8 Å². The van der Waals surface area contributed by atoms with Crippen LogP contribution in [0, 0.1) is 6.92 Å². The maximum absolute atomic E-state index is 12.8. The van der Waals surface area contributed by atoms with Gasteiger partial charge in [-0.15, -0.1) is 0 Å². The molecule has 2 aromatic carbocycles. The molecule has 1 fully saturated rings. The summed E-state index contributed by atoms with van der Waals surface area (Å²) in [7, 11) is 2.16. The maximum atomic E-state index is 12.8. The van der Waals surface area contributed by atoms with Crippen LogP contribution in [0.15, 0.2) is 79.3 Å². The molecule has 0 bridgehead atoms. The summed E-state index contributed by atoms with van der Waals surface area (Å²) in [4.78, 5) is 30.8. The van der Waals surface area contributed by atoms with Gasteiger partial charge in [-0.2, -0.15) is 0 Å². The number of hydrogen-bond acceptors (Lipinski definition) is 7.